The van der Waals surface area contributed by atoms with Crippen LogP contribution in [0.1, 0.15) is 69.2 Å². The summed E-state index contributed by atoms with van der Waals surface area (Å²) in [6.07, 6.45) is 9.51. The summed E-state index contributed by atoms with van der Waals surface area (Å²) in [7, 11) is 0. The SMILES string of the molecule is Cc1noc(C2CC2)c1N[C@H](C)CC1CCCC1. The van der Waals surface area contributed by atoms with Gasteiger partial charge in [0.25, 0.3) is 0 Å². The van der Waals surface area contributed by atoms with Crippen LogP contribution in [0.25, 0.3) is 0 Å². The summed E-state index contributed by atoms with van der Waals surface area (Å²) in [4.78, 5) is 0. The molecule has 1 atom stereocenters. The molecule has 0 spiro atoms. The van der Waals surface area contributed by atoms with Crippen LogP contribution in [0.5, 0.6) is 0 Å². The van der Waals surface area contributed by atoms with Gasteiger partial charge in [0.05, 0.1) is 0 Å². The minimum atomic E-state index is 0.531. The van der Waals surface area contributed by atoms with Crippen molar-refractivity contribution in [1.29, 1.82) is 0 Å². The van der Waals surface area contributed by atoms with E-state index in [9.17, 15) is 0 Å². The summed E-state index contributed by atoms with van der Waals surface area (Å²) in [6.45, 7) is 4.33. The molecule has 0 amide bonds. The minimum absolute atomic E-state index is 0.531. The molecule has 18 heavy (non-hydrogen) atoms. The lowest BCUT2D eigenvalue weighted by Crippen LogP contribution is -2.19. The molecule has 0 bridgehead atoms. The van der Waals surface area contributed by atoms with Crippen LogP contribution < -0.4 is 5.32 Å². The Bertz CT molecular complexity index is 403. The molecule has 1 aromatic rings. The van der Waals surface area contributed by atoms with Crippen LogP contribution in [0.2, 0.25) is 0 Å². The molecule has 1 heterocycles. The van der Waals surface area contributed by atoms with Gasteiger partial charge in [-0.3, -0.25) is 0 Å². The van der Waals surface area contributed by atoms with Crippen molar-refractivity contribution in [3.63, 3.8) is 0 Å². The summed E-state index contributed by atoms with van der Waals surface area (Å²) in [5.74, 6) is 2.66. The molecule has 0 radical (unpaired) electrons. The first-order valence-electron chi connectivity index (χ1n) is 7.46. The summed E-state index contributed by atoms with van der Waals surface area (Å²) in [6, 6.07) is 0.531. The van der Waals surface area contributed by atoms with Gasteiger partial charge >= 0.3 is 0 Å². The second kappa shape index (κ2) is 4.94. The van der Waals surface area contributed by atoms with Gasteiger partial charge in [0.1, 0.15) is 11.4 Å². The fourth-order valence-corrected chi connectivity index (χ4v) is 3.24. The fourth-order valence-electron chi connectivity index (χ4n) is 3.24. The molecule has 0 aliphatic heterocycles. The maximum atomic E-state index is 5.48. The summed E-state index contributed by atoms with van der Waals surface area (Å²) >= 11 is 0. The van der Waals surface area contributed by atoms with E-state index >= 15 is 0 Å². The van der Waals surface area contributed by atoms with Crippen molar-refractivity contribution in [3.8, 4) is 0 Å². The van der Waals surface area contributed by atoms with Gasteiger partial charge in [-0.2, -0.15) is 0 Å². The van der Waals surface area contributed by atoms with E-state index in [1.54, 1.807) is 0 Å². The van der Waals surface area contributed by atoms with Crippen LogP contribution in [0, 0.1) is 12.8 Å². The van der Waals surface area contributed by atoms with Gasteiger partial charge in [-0.05, 0) is 39.0 Å². The molecule has 0 unspecified atom stereocenters. The number of aryl methyl sites for hydroxylation is 1. The largest absolute Gasteiger partial charge is 0.378 e. The molecule has 1 aromatic heterocycles. The summed E-state index contributed by atoms with van der Waals surface area (Å²) in [5.41, 5.74) is 2.21. The second-order valence-electron chi connectivity index (χ2n) is 6.21. The first-order valence-corrected chi connectivity index (χ1v) is 7.46. The van der Waals surface area contributed by atoms with Crippen LogP contribution in [0.15, 0.2) is 4.52 Å². The number of rotatable bonds is 5. The van der Waals surface area contributed by atoms with Crippen molar-refractivity contribution >= 4 is 5.69 Å². The standard InChI is InChI=1S/C15H24N2O/c1-10(9-12-5-3-4-6-12)16-14-11(2)17-18-15(14)13-7-8-13/h10,12-13,16H,3-9H2,1-2H3/t10-/m1/s1. The van der Waals surface area contributed by atoms with Crippen LogP contribution in [0.3, 0.4) is 0 Å². The molecule has 3 rings (SSSR count). The number of nitrogens with zero attached hydrogens (tertiary/aromatic N) is 1. The third kappa shape index (κ3) is 2.55. The number of nitrogens with one attached hydrogen (secondary N) is 1. The predicted molar refractivity (Wildman–Crippen MR) is 72.9 cm³/mol. The molecule has 100 valence electrons. The molecule has 2 aliphatic carbocycles. The third-order valence-electron chi connectivity index (χ3n) is 4.39. The summed E-state index contributed by atoms with van der Waals surface area (Å²) < 4.78 is 5.48. The lowest BCUT2D eigenvalue weighted by molar-refractivity contribution is 0.381. The van der Waals surface area contributed by atoms with Crippen LogP contribution in [-0.4, -0.2) is 11.2 Å². The third-order valence-corrected chi connectivity index (χ3v) is 4.39. The quantitative estimate of drug-likeness (QED) is 0.847. The van der Waals surface area contributed by atoms with Gasteiger partial charge in [-0.1, -0.05) is 30.8 Å². The van der Waals surface area contributed by atoms with E-state index in [4.69, 9.17) is 4.52 Å². The molecule has 0 aromatic carbocycles. The van der Waals surface area contributed by atoms with E-state index in [0.717, 1.165) is 17.4 Å². The number of hydrogen-bond donors (Lipinski definition) is 1. The molecule has 3 heteroatoms. The van der Waals surface area contributed by atoms with E-state index in [2.05, 4.69) is 17.4 Å². The highest BCUT2D eigenvalue weighted by molar-refractivity contribution is 5.53. The highest BCUT2D eigenvalue weighted by atomic mass is 16.5. The lowest BCUT2D eigenvalue weighted by Gasteiger charge is -2.18. The van der Waals surface area contributed by atoms with E-state index in [1.165, 1.54) is 50.6 Å². The Kier molecular flexibility index (Phi) is 3.31. The Balaban J connectivity index is 1.62. The Morgan fingerprint density at radius 3 is 2.67 bits per heavy atom. The number of anilines is 1. The molecule has 2 fully saturated rings. The molecule has 1 N–H and O–H groups in total. The maximum absolute atomic E-state index is 5.48. The molecular formula is C15H24N2O. The highest BCUT2D eigenvalue weighted by Gasteiger charge is 2.32. The zero-order valence-corrected chi connectivity index (χ0v) is 11.5. The lowest BCUT2D eigenvalue weighted by atomic mass is 9.99. The van der Waals surface area contributed by atoms with Gasteiger partial charge in [0.15, 0.2) is 5.76 Å². The normalized spacial score (nSPS) is 22.3. The van der Waals surface area contributed by atoms with E-state index < -0.39 is 0 Å². The van der Waals surface area contributed by atoms with Crippen molar-refractivity contribution in [2.24, 2.45) is 5.92 Å². The molecule has 3 nitrogen and oxygen atoms in total. The Morgan fingerprint density at radius 2 is 2.00 bits per heavy atom. The van der Waals surface area contributed by atoms with Gasteiger partial charge in [-0.15, -0.1) is 0 Å². The number of aromatic nitrogens is 1. The molecular weight excluding hydrogens is 224 g/mol. The second-order valence-corrected chi connectivity index (χ2v) is 6.21. The van der Waals surface area contributed by atoms with Crippen molar-refractivity contribution in [2.45, 2.75) is 70.8 Å². The number of hydrogen-bond acceptors (Lipinski definition) is 3. The molecule has 2 saturated carbocycles. The molecule has 2 aliphatic rings. The van der Waals surface area contributed by atoms with Crippen molar-refractivity contribution in [2.75, 3.05) is 5.32 Å². The Hall–Kier alpha value is -0.990. The van der Waals surface area contributed by atoms with Crippen molar-refractivity contribution in [3.05, 3.63) is 11.5 Å². The van der Waals surface area contributed by atoms with Crippen LogP contribution in [-0.2, 0) is 0 Å². The Labute approximate surface area is 109 Å². The van der Waals surface area contributed by atoms with E-state index in [-0.39, 0.29) is 0 Å². The molecule has 0 saturated heterocycles. The van der Waals surface area contributed by atoms with Gasteiger partial charge in [-0.25, -0.2) is 0 Å². The smallest absolute Gasteiger partial charge is 0.163 e. The first-order chi connectivity index (χ1) is 8.74. The maximum Gasteiger partial charge on any atom is 0.163 e. The van der Waals surface area contributed by atoms with Crippen LogP contribution in [0.4, 0.5) is 5.69 Å². The highest BCUT2D eigenvalue weighted by Crippen LogP contribution is 2.44. The summed E-state index contributed by atoms with van der Waals surface area (Å²) in [5, 5.41) is 7.78. The topological polar surface area (TPSA) is 38.1 Å². The fraction of sp³-hybridized carbons (Fsp3) is 0.800. The van der Waals surface area contributed by atoms with Gasteiger partial charge < -0.3 is 9.84 Å². The van der Waals surface area contributed by atoms with Gasteiger partial charge in [0, 0.05) is 12.0 Å². The Morgan fingerprint density at radius 1 is 1.28 bits per heavy atom. The monoisotopic (exact) mass is 248 g/mol. The average molecular weight is 248 g/mol. The van der Waals surface area contributed by atoms with Gasteiger partial charge in [0.2, 0.25) is 0 Å². The van der Waals surface area contributed by atoms with Crippen LogP contribution >= 0.6 is 0 Å². The zero-order valence-electron chi connectivity index (χ0n) is 11.5. The van der Waals surface area contributed by atoms with Crippen molar-refractivity contribution < 1.29 is 4.52 Å². The van der Waals surface area contributed by atoms with E-state index in [0.29, 0.717) is 12.0 Å². The van der Waals surface area contributed by atoms with E-state index in [1.807, 2.05) is 6.92 Å². The van der Waals surface area contributed by atoms with Crippen molar-refractivity contribution in [1.82, 2.24) is 5.16 Å². The predicted octanol–water partition coefficient (Wildman–Crippen LogP) is 4.24. The average Bonchev–Trinajstić information content (AvgIpc) is 2.95. The zero-order chi connectivity index (χ0) is 12.5. The minimum Gasteiger partial charge on any atom is -0.378 e. The first kappa shape index (κ1) is 12.1.